The molecule has 0 amide bonds. The van der Waals surface area contributed by atoms with Gasteiger partial charge < -0.3 is 10.7 Å². The first-order valence-corrected chi connectivity index (χ1v) is 7.01. The van der Waals surface area contributed by atoms with E-state index in [0.29, 0.717) is 6.42 Å². The molecule has 0 bridgehead atoms. The topological polar surface area (TPSA) is 48.2 Å². The first kappa shape index (κ1) is 20.4. The lowest BCUT2D eigenvalue weighted by Crippen LogP contribution is -2.04. The van der Waals surface area contributed by atoms with Crippen LogP contribution in [0.4, 0.5) is 0 Å². The molecule has 0 aliphatic carbocycles. The van der Waals surface area contributed by atoms with Gasteiger partial charge in [0, 0.05) is 24.0 Å². The summed E-state index contributed by atoms with van der Waals surface area (Å²) in [5.74, 6) is 0. The first-order valence-electron chi connectivity index (χ1n) is 7.01. The normalized spacial score (nSPS) is 12.7. The summed E-state index contributed by atoms with van der Waals surface area (Å²) in [4.78, 5) is 4.01. The van der Waals surface area contributed by atoms with Crippen molar-refractivity contribution in [3.8, 4) is 0 Å². The number of hydrogen-bond acceptors (Lipinski definition) is 3. The van der Waals surface area contributed by atoms with Crippen molar-refractivity contribution in [2.45, 2.75) is 47.5 Å². The molecule has 2 N–H and O–H groups in total. The second-order valence-electron chi connectivity index (χ2n) is 3.92. The van der Waals surface area contributed by atoms with E-state index in [1.807, 2.05) is 27.7 Å². The monoisotopic (exact) mass is 275 g/mol. The Bertz CT molecular complexity index is 398. The van der Waals surface area contributed by atoms with Crippen LogP contribution in [0, 0.1) is 5.41 Å². The van der Waals surface area contributed by atoms with Gasteiger partial charge in [-0.1, -0.05) is 39.5 Å². The van der Waals surface area contributed by atoms with Crippen molar-refractivity contribution >= 4 is 12.9 Å². The molecule has 112 valence electrons. The Morgan fingerprint density at radius 3 is 2.30 bits per heavy atom. The van der Waals surface area contributed by atoms with E-state index in [2.05, 4.69) is 42.7 Å². The van der Waals surface area contributed by atoms with Crippen molar-refractivity contribution < 1.29 is 0 Å². The Morgan fingerprint density at radius 1 is 1.30 bits per heavy atom. The van der Waals surface area contributed by atoms with Crippen molar-refractivity contribution in [1.82, 2.24) is 5.32 Å². The predicted octanol–water partition coefficient (Wildman–Crippen LogP) is 5.00. The standard InChI is InChI=1S/C15H23N3.C2H6/c1-6-8-9-14(13(4)18-7-2)10-15(17-5)12(3)11-16;1-2/h7-9,11,16,18H,2,5-6,10H2,1,3-4H3;1-2H3/b9-8-,14-13-,15-12-,16-11?;. The quantitative estimate of drug-likeness (QED) is 0.475. The van der Waals surface area contributed by atoms with Crippen molar-refractivity contribution in [3.05, 3.63) is 47.5 Å². The second kappa shape index (κ2) is 13.5. The van der Waals surface area contributed by atoms with Crippen LogP contribution >= 0.6 is 0 Å². The maximum Gasteiger partial charge on any atom is 0.0485 e. The van der Waals surface area contributed by atoms with Crippen molar-refractivity contribution in [2.75, 3.05) is 0 Å². The summed E-state index contributed by atoms with van der Waals surface area (Å²) in [7, 11) is 0. The molecular weight excluding hydrogens is 246 g/mol. The Balaban J connectivity index is 0. The SMILES string of the molecule is C=CN/C(C)=C(/C=C\CC)C/C(N=C)=C(\C)C=N.CC. The third kappa shape index (κ3) is 8.25. The van der Waals surface area contributed by atoms with Gasteiger partial charge in [0.25, 0.3) is 0 Å². The zero-order valence-corrected chi connectivity index (χ0v) is 13.6. The highest BCUT2D eigenvalue weighted by atomic mass is 14.8. The van der Waals surface area contributed by atoms with Gasteiger partial charge in [0.1, 0.15) is 0 Å². The van der Waals surface area contributed by atoms with Gasteiger partial charge >= 0.3 is 0 Å². The summed E-state index contributed by atoms with van der Waals surface area (Å²) in [5.41, 5.74) is 3.82. The van der Waals surface area contributed by atoms with E-state index >= 15 is 0 Å². The molecule has 0 heterocycles. The molecule has 0 fully saturated rings. The Kier molecular flexibility index (Phi) is 13.8. The summed E-state index contributed by atoms with van der Waals surface area (Å²) in [5, 5.41) is 10.4. The first-order chi connectivity index (χ1) is 9.60. The second-order valence-corrected chi connectivity index (χ2v) is 3.92. The fourth-order valence-electron chi connectivity index (χ4n) is 1.41. The minimum absolute atomic E-state index is 0.661. The van der Waals surface area contributed by atoms with E-state index in [1.165, 1.54) is 6.21 Å². The highest BCUT2D eigenvalue weighted by molar-refractivity contribution is 5.76. The van der Waals surface area contributed by atoms with Gasteiger partial charge in [0.15, 0.2) is 0 Å². The molecule has 0 aliphatic rings. The minimum Gasteiger partial charge on any atom is -0.366 e. The number of aliphatic imine (C=N–C) groups is 1. The summed E-state index contributed by atoms with van der Waals surface area (Å²) < 4.78 is 0. The van der Waals surface area contributed by atoms with E-state index in [4.69, 9.17) is 5.41 Å². The zero-order valence-electron chi connectivity index (χ0n) is 13.6. The van der Waals surface area contributed by atoms with Crippen LogP contribution in [0.25, 0.3) is 0 Å². The highest BCUT2D eigenvalue weighted by Crippen LogP contribution is 2.19. The average molecular weight is 275 g/mol. The molecule has 0 aromatic rings. The maximum absolute atomic E-state index is 7.28. The molecule has 0 unspecified atom stereocenters. The molecule has 0 aromatic heterocycles. The molecule has 0 saturated heterocycles. The number of allylic oxidation sites excluding steroid dienone is 5. The van der Waals surface area contributed by atoms with E-state index in [0.717, 1.165) is 29.0 Å². The maximum atomic E-state index is 7.28. The molecule has 0 spiro atoms. The van der Waals surface area contributed by atoms with Crippen LogP contribution in [0.1, 0.15) is 47.5 Å². The molecule has 0 radical (unpaired) electrons. The summed E-state index contributed by atoms with van der Waals surface area (Å²) in [6.45, 7) is 17.2. The zero-order chi connectivity index (χ0) is 16.0. The molecule has 3 nitrogen and oxygen atoms in total. The number of hydrogen-bond donors (Lipinski definition) is 2. The van der Waals surface area contributed by atoms with Gasteiger partial charge in [0.2, 0.25) is 0 Å². The van der Waals surface area contributed by atoms with Gasteiger partial charge in [-0.2, -0.15) is 0 Å². The van der Waals surface area contributed by atoms with Crippen LogP contribution in [0.2, 0.25) is 0 Å². The lowest BCUT2D eigenvalue weighted by Gasteiger charge is -2.10. The van der Waals surface area contributed by atoms with Crippen LogP contribution in [0.15, 0.2) is 52.5 Å². The van der Waals surface area contributed by atoms with Crippen LogP contribution in [-0.2, 0) is 0 Å². The van der Waals surface area contributed by atoms with Gasteiger partial charge in [-0.3, -0.25) is 4.99 Å². The highest BCUT2D eigenvalue weighted by Gasteiger charge is 2.04. The van der Waals surface area contributed by atoms with Crippen LogP contribution in [0.5, 0.6) is 0 Å². The van der Waals surface area contributed by atoms with Crippen LogP contribution < -0.4 is 5.32 Å². The third-order valence-electron chi connectivity index (χ3n) is 2.58. The molecule has 20 heavy (non-hydrogen) atoms. The van der Waals surface area contributed by atoms with Gasteiger partial charge in [0.05, 0.1) is 0 Å². The molecule has 0 atom stereocenters. The lowest BCUT2D eigenvalue weighted by atomic mass is 10.0. The minimum atomic E-state index is 0.661. The van der Waals surface area contributed by atoms with E-state index < -0.39 is 0 Å². The Labute approximate surface area is 124 Å². The number of rotatable bonds is 8. The Morgan fingerprint density at radius 2 is 1.90 bits per heavy atom. The smallest absolute Gasteiger partial charge is 0.0485 e. The Hall–Kier alpha value is -1.90. The van der Waals surface area contributed by atoms with Crippen LogP contribution in [-0.4, -0.2) is 12.9 Å². The summed E-state index contributed by atoms with van der Waals surface area (Å²) in [6, 6.07) is 0. The van der Waals surface area contributed by atoms with E-state index in [9.17, 15) is 0 Å². The van der Waals surface area contributed by atoms with Crippen molar-refractivity contribution in [3.63, 3.8) is 0 Å². The van der Waals surface area contributed by atoms with Crippen LogP contribution in [0.3, 0.4) is 0 Å². The fraction of sp³-hybridized carbons (Fsp3) is 0.412. The third-order valence-corrected chi connectivity index (χ3v) is 2.58. The molecular formula is C17H29N3. The largest absolute Gasteiger partial charge is 0.366 e. The van der Waals surface area contributed by atoms with E-state index in [-0.39, 0.29) is 0 Å². The summed E-state index contributed by atoms with van der Waals surface area (Å²) in [6.07, 6.45) is 8.78. The van der Waals surface area contributed by atoms with Gasteiger partial charge in [-0.05, 0) is 44.3 Å². The van der Waals surface area contributed by atoms with Gasteiger partial charge in [-0.15, -0.1) is 0 Å². The molecule has 3 heteroatoms. The summed E-state index contributed by atoms with van der Waals surface area (Å²) >= 11 is 0. The lowest BCUT2D eigenvalue weighted by molar-refractivity contribution is 0.981. The van der Waals surface area contributed by atoms with Crippen molar-refractivity contribution in [2.24, 2.45) is 4.99 Å². The van der Waals surface area contributed by atoms with E-state index in [1.54, 1.807) is 6.20 Å². The molecule has 0 aromatic carbocycles. The van der Waals surface area contributed by atoms with Gasteiger partial charge in [-0.25, -0.2) is 0 Å². The number of nitrogens with zero attached hydrogens (tertiary/aromatic N) is 1. The molecule has 0 aliphatic heterocycles. The molecule has 0 saturated carbocycles. The number of nitrogens with one attached hydrogen (secondary N) is 2. The van der Waals surface area contributed by atoms with Crippen molar-refractivity contribution in [1.29, 1.82) is 5.41 Å². The predicted molar refractivity (Wildman–Crippen MR) is 92.5 cm³/mol. The fourth-order valence-corrected chi connectivity index (χ4v) is 1.41. The average Bonchev–Trinajstić information content (AvgIpc) is 2.49. The molecule has 0 rings (SSSR count).